The highest BCUT2D eigenvalue weighted by molar-refractivity contribution is 9.10. The maximum atomic E-state index is 11.8. The van der Waals surface area contributed by atoms with Crippen molar-refractivity contribution >= 4 is 21.8 Å². The third kappa shape index (κ3) is 2.86. The number of nitrogens with one attached hydrogen (secondary N) is 2. The number of rotatable bonds is 2. The molecule has 1 aromatic rings. The number of aromatic nitrogens is 1. The van der Waals surface area contributed by atoms with Gasteiger partial charge in [-0.25, -0.2) is 0 Å². The molecule has 4 nitrogen and oxygen atoms in total. The molecule has 1 fully saturated rings. The van der Waals surface area contributed by atoms with E-state index in [1.165, 1.54) is 0 Å². The van der Waals surface area contributed by atoms with Gasteiger partial charge in [-0.2, -0.15) is 0 Å². The molecule has 16 heavy (non-hydrogen) atoms. The molecule has 0 saturated carbocycles. The summed E-state index contributed by atoms with van der Waals surface area (Å²) in [5.41, 5.74) is 0.589. The predicted molar refractivity (Wildman–Crippen MR) is 64.4 cm³/mol. The lowest BCUT2D eigenvalue weighted by atomic mass is 10.0. The van der Waals surface area contributed by atoms with Gasteiger partial charge < -0.3 is 15.0 Å². The molecule has 1 aromatic heterocycles. The van der Waals surface area contributed by atoms with E-state index < -0.39 is 0 Å². The Kier molecular flexibility index (Phi) is 3.66. The van der Waals surface area contributed by atoms with Crippen molar-refractivity contribution in [3.8, 4) is 0 Å². The van der Waals surface area contributed by atoms with Crippen molar-refractivity contribution in [1.29, 1.82) is 0 Å². The average Bonchev–Trinajstić information content (AvgIpc) is 2.65. The van der Waals surface area contributed by atoms with Gasteiger partial charge in [-0.15, -0.1) is 0 Å². The van der Waals surface area contributed by atoms with Crippen LogP contribution in [0.15, 0.2) is 16.7 Å². The minimum atomic E-state index is -0.0511. The van der Waals surface area contributed by atoms with Gasteiger partial charge in [0, 0.05) is 23.3 Å². The molecule has 2 atom stereocenters. The molecule has 2 N–H and O–H groups in total. The lowest BCUT2D eigenvalue weighted by Crippen LogP contribution is -2.41. The maximum absolute atomic E-state index is 11.8. The zero-order valence-corrected chi connectivity index (χ0v) is 10.7. The molecule has 88 valence electrons. The molecule has 5 heteroatoms. The highest BCUT2D eigenvalue weighted by Gasteiger charge is 2.21. The van der Waals surface area contributed by atoms with Crippen LogP contribution in [0.3, 0.4) is 0 Å². The van der Waals surface area contributed by atoms with Gasteiger partial charge in [0.05, 0.1) is 6.10 Å². The summed E-state index contributed by atoms with van der Waals surface area (Å²) in [4.78, 5) is 14.7. The summed E-state index contributed by atoms with van der Waals surface area (Å²) in [6, 6.07) is 2.00. The predicted octanol–water partition coefficient (Wildman–Crippen LogP) is 2.07. The number of aromatic amines is 1. The third-order valence-corrected chi connectivity index (χ3v) is 3.17. The highest BCUT2D eigenvalue weighted by atomic mass is 79.9. The molecule has 0 aliphatic carbocycles. The van der Waals surface area contributed by atoms with Crippen molar-refractivity contribution in [3.05, 3.63) is 22.4 Å². The number of halogens is 1. The molecule has 2 heterocycles. The van der Waals surface area contributed by atoms with Gasteiger partial charge in [-0.05, 0) is 41.8 Å². The van der Waals surface area contributed by atoms with E-state index in [4.69, 9.17) is 4.74 Å². The van der Waals surface area contributed by atoms with E-state index >= 15 is 0 Å². The van der Waals surface area contributed by atoms with Gasteiger partial charge in [0.2, 0.25) is 0 Å². The van der Waals surface area contributed by atoms with Crippen molar-refractivity contribution in [2.75, 3.05) is 6.61 Å². The van der Waals surface area contributed by atoms with Gasteiger partial charge in [0.15, 0.2) is 0 Å². The maximum Gasteiger partial charge on any atom is 0.267 e. The van der Waals surface area contributed by atoms with Crippen molar-refractivity contribution in [1.82, 2.24) is 10.3 Å². The SMILES string of the molecule is CC1CC(NC(=O)c2cc(Br)c[nH]2)CCO1. The van der Waals surface area contributed by atoms with Crippen molar-refractivity contribution in [3.63, 3.8) is 0 Å². The Labute approximate surface area is 103 Å². The number of amides is 1. The lowest BCUT2D eigenvalue weighted by Gasteiger charge is -2.27. The largest absolute Gasteiger partial charge is 0.378 e. The van der Waals surface area contributed by atoms with E-state index in [-0.39, 0.29) is 18.1 Å². The second-order valence-electron chi connectivity index (χ2n) is 4.11. The lowest BCUT2D eigenvalue weighted by molar-refractivity contribution is 0.0136. The van der Waals surface area contributed by atoms with Crippen molar-refractivity contribution in [2.45, 2.75) is 31.9 Å². The zero-order chi connectivity index (χ0) is 11.5. The number of H-pyrrole nitrogens is 1. The molecule has 0 bridgehead atoms. The fraction of sp³-hybridized carbons (Fsp3) is 0.545. The summed E-state index contributed by atoms with van der Waals surface area (Å²) in [5, 5.41) is 3.01. The number of ether oxygens (including phenoxy) is 1. The molecule has 2 rings (SSSR count). The minimum absolute atomic E-state index is 0.0511. The van der Waals surface area contributed by atoms with Crippen LogP contribution in [0, 0.1) is 0 Å². The van der Waals surface area contributed by atoms with Crippen molar-refractivity contribution in [2.24, 2.45) is 0 Å². The monoisotopic (exact) mass is 286 g/mol. The summed E-state index contributed by atoms with van der Waals surface area (Å²) in [6.07, 6.45) is 3.75. The summed E-state index contributed by atoms with van der Waals surface area (Å²) < 4.78 is 6.32. The summed E-state index contributed by atoms with van der Waals surface area (Å²) in [5.74, 6) is -0.0511. The van der Waals surface area contributed by atoms with Gasteiger partial charge in [-0.1, -0.05) is 0 Å². The standard InChI is InChI=1S/C11H15BrN2O2/c1-7-4-9(2-3-16-7)14-11(15)10-5-8(12)6-13-10/h5-7,9,13H,2-4H2,1H3,(H,14,15). The van der Waals surface area contributed by atoms with Crippen LogP contribution in [0.25, 0.3) is 0 Å². The topological polar surface area (TPSA) is 54.1 Å². The van der Waals surface area contributed by atoms with Gasteiger partial charge in [-0.3, -0.25) is 4.79 Å². The normalized spacial score (nSPS) is 25.4. The molecular formula is C11H15BrN2O2. The molecule has 1 aliphatic heterocycles. The first-order chi connectivity index (χ1) is 7.65. The Hall–Kier alpha value is -0.810. The van der Waals surface area contributed by atoms with Crippen LogP contribution in [0.2, 0.25) is 0 Å². The van der Waals surface area contributed by atoms with Gasteiger partial charge in [0.1, 0.15) is 5.69 Å². The first kappa shape index (κ1) is 11.7. The number of carbonyl (C=O) groups is 1. The van der Waals surface area contributed by atoms with Crippen LogP contribution < -0.4 is 5.32 Å². The molecule has 0 spiro atoms. The highest BCUT2D eigenvalue weighted by Crippen LogP contribution is 2.15. The Balaban J connectivity index is 1.92. The number of hydrogen-bond donors (Lipinski definition) is 2. The molecule has 0 radical (unpaired) electrons. The number of carbonyl (C=O) groups excluding carboxylic acids is 1. The fourth-order valence-electron chi connectivity index (χ4n) is 1.89. The first-order valence-electron chi connectivity index (χ1n) is 5.41. The van der Waals surface area contributed by atoms with Crippen LogP contribution in [0.1, 0.15) is 30.3 Å². The zero-order valence-electron chi connectivity index (χ0n) is 9.13. The first-order valence-corrected chi connectivity index (χ1v) is 6.21. The van der Waals surface area contributed by atoms with Crippen LogP contribution in [-0.4, -0.2) is 29.6 Å². The van der Waals surface area contributed by atoms with E-state index in [9.17, 15) is 4.79 Å². The van der Waals surface area contributed by atoms with E-state index in [0.717, 1.165) is 23.9 Å². The summed E-state index contributed by atoms with van der Waals surface area (Å²) in [6.45, 7) is 2.75. The van der Waals surface area contributed by atoms with Crippen molar-refractivity contribution < 1.29 is 9.53 Å². The van der Waals surface area contributed by atoms with Crippen LogP contribution in [0.5, 0.6) is 0 Å². The summed E-state index contributed by atoms with van der Waals surface area (Å²) >= 11 is 3.30. The average molecular weight is 287 g/mol. The molecular weight excluding hydrogens is 272 g/mol. The molecule has 1 amide bonds. The third-order valence-electron chi connectivity index (χ3n) is 2.71. The van der Waals surface area contributed by atoms with E-state index in [1.54, 1.807) is 12.3 Å². The van der Waals surface area contributed by atoms with E-state index in [2.05, 4.69) is 26.2 Å². The number of hydrogen-bond acceptors (Lipinski definition) is 2. The Morgan fingerprint density at radius 2 is 2.50 bits per heavy atom. The van der Waals surface area contributed by atoms with E-state index in [0.29, 0.717) is 5.69 Å². The Bertz CT molecular complexity index is 378. The molecule has 0 aromatic carbocycles. The minimum Gasteiger partial charge on any atom is -0.378 e. The van der Waals surface area contributed by atoms with Gasteiger partial charge in [0.25, 0.3) is 5.91 Å². The fourth-order valence-corrected chi connectivity index (χ4v) is 2.23. The second-order valence-corrected chi connectivity index (χ2v) is 5.02. The molecule has 2 unspecified atom stereocenters. The second kappa shape index (κ2) is 5.01. The molecule has 1 saturated heterocycles. The smallest absolute Gasteiger partial charge is 0.267 e. The van der Waals surface area contributed by atoms with Crippen LogP contribution >= 0.6 is 15.9 Å². The van der Waals surface area contributed by atoms with Crippen LogP contribution in [-0.2, 0) is 4.74 Å². The quantitative estimate of drug-likeness (QED) is 0.875. The Morgan fingerprint density at radius 3 is 3.12 bits per heavy atom. The molecule has 1 aliphatic rings. The van der Waals surface area contributed by atoms with E-state index in [1.807, 2.05) is 6.92 Å². The van der Waals surface area contributed by atoms with Crippen LogP contribution in [0.4, 0.5) is 0 Å². The summed E-state index contributed by atoms with van der Waals surface area (Å²) in [7, 11) is 0. The van der Waals surface area contributed by atoms with Gasteiger partial charge >= 0.3 is 0 Å². The Morgan fingerprint density at radius 1 is 1.69 bits per heavy atom.